The van der Waals surface area contributed by atoms with Crippen molar-refractivity contribution in [2.24, 2.45) is 0 Å². The van der Waals surface area contributed by atoms with Gasteiger partial charge in [-0.2, -0.15) is 0 Å². The number of H-pyrrole nitrogens is 1. The maximum Gasteiger partial charge on any atom is 0.216 e. The Kier molecular flexibility index (Phi) is 4.60. The van der Waals surface area contributed by atoms with E-state index in [0.717, 1.165) is 27.7 Å². The summed E-state index contributed by atoms with van der Waals surface area (Å²) >= 11 is 5.97. The molecule has 1 N–H and O–H groups in total. The molecule has 0 fully saturated rings. The van der Waals surface area contributed by atoms with E-state index >= 15 is 0 Å². The Hall–Kier alpha value is -3.18. The van der Waals surface area contributed by atoms with Crippen LogP contribution in [0.4, 0.5) is 0 Å². The number of fused-ring (bicyclic) bond motifs is 1. The average molecular weight is 378 g/mol. The summed E-state index contributed by atoms with van der Waals surface area (Å²) in [6.45, 7) is -0.254. The molecule has 4 rings (SSSR count). The number of aromatic amines is 1. The fourth-order valence-corrected chi connectivity index (χ4v) is 3.55. The third kappa shape index (κ3) is 3.41. The Morgan fingerprint density at radius 3 is 2.48 bits per heavy atom. The highest BCUT2D eigenvalue weighted by molar-refractivity contribution is 6.30. The van der Waals surface area contributed by atoms with Crippen molar-refractivity contribution in [3.05, 3.63) is 99.3 Å². The van der Waals surface area contributed by atoms with Crippen LogP contribution in [-0.2, 0) is 0 Å². The number of nitrogens with one attached hydrogen (secondary N) is 1. The molecule has 134 valence electrons. The van der Waals surface area contributed by atoms with Gasteiger partial charge in [0, 0.05) is 27.6 Å². The van der Waals surface area contributed by atoms with Crippen molar-refractivity contribution >= 4 is 22.5 Å². The molecule has 0 aliphatic rings. The molecule has 2 heterocycles. The lowest BCUT2D eigenvalue weighted by molar-refractivity contribution is -0.481. The van der Waals surface area contributed by atoms with E-state index in [4.69, 9.17) is 11.6 Å². The molecule has 0 amide bonds. The highest BCUT2D eigenvalue weighted by Gasteiger charge is 2.28. The predicted octanol–water partition coefficient (Wildman–Crippen LogP) is 5.29. The van der Waals surface area contributed by atoms with Gasteiger partial charge in [-0.15, -0.1) is 0 Å². The summed E-state index contributed by atoms with van der Waals surface area (Å²) in [5.74, 6) is -0.497. The normalized spacial score (nSPS) is 12.2. The number of nitrogens with zero attached hydrogens (tertiary/aromatic N) is 2. The van der Waals surface area contributed by atoms with Gasteiger partial charge in [0.1, 0.15) is 0 Å². The first-order valence-electron chi connectivity index (χ1n) is 8.53. The van der Waals surface area contributed by atoms with E-state index in [0.29, 0.717) is 10.7 Å². The lowest BCUT2D eigenvalue weighted by Gasteiger charge is -2.15. The number of pyridine rings is 1. The van der Waals surface area contributed by atoms with Gasteiger partial charge in [-0.05, 0) is 23.8 Å². The SMILES string of the molecule is O=[N+]([O-])CC(c1ccc(Cl)cn1)c1c(-c2ccccc2)[nH]c2ccccc12. The van der Waals surface area contributed by atoms with Crippen molar-refractivity contribution in [2.45, 2.75) is 5.92 Å². The van der Waals surface area contributed by atoms with Crippen molar-refractivity contribution < 1.29 is 4.92 Å². The Bertz CT molecular complexity index is 1090. The number of benzene rings is 2. The molecular formula is C21H16ClN3O2. The summed E-state index contributed by atoms with van der Waals surface area (Å²) < 4.78 is 0. The van der Waals surface area contributed by atoms with Gasteiger partial charge in [0.25, 0.3) is 0 Å². The third-order valence-corrected chi connectivity index (χ3v) is 4.82. The van der Waals surface area contributed by atoms with Crippen LogP contribution in [0.15, 0.2) is 72.9 Å². The minimum absolute atomic E-state index is 0.254. The summed E-state index contributed by atoms with van der Waals surface area (Å²) in [7, 11) is 0. The molecule has 5 nitrogen and oxygen atoms in total. The molecule has 0 saturated heterocycles. The van der Waals surface area contributed by atoms with E-state index in [9.17, 15) is 10.1 Å². The molecule has 0 bridgehead atoms. The second-order valence-electron chi connectivity index (χ2n) is 6.29. The fraction of sp³-hybridized carbons (Fsp3) is 0.0952. The summed E-state index contributed by atoms with van der Waals surface area (Å²) in [4.78, 5) is 19.0. The Morgan fingerprint density at radius 2 is 1.78 bits per heavy atom. The molecule has 6 heteroatoms. The molecule has 1 atom stereocenters. The number of rotatable bonds is 5. The summed E-state index contributed by atoms with van der Waals surface area (Å²) in [5, 5.41) is 12.9. The Labute approximate surface area is 160 Å². The van der Waals surface area contributed by atoms with Gasteiger partial charge < -0.3 is 4.98 Å². The van der Waals surface area contributed by atoms with E-state index in [1.807, 2.05) is 54.6 Å². The number of hydrogen-bond donors (Lipinski definition) is 1. The molecule has 0 saturated carbocycles. The highest BCUT2D eigenvalue weighted by atomic mass is 35.5. The second-order valence-corrected chi connectivity index (χ2v) is 6.73. The molecule has 27 heavy (non-hydrogen) atoms. The van der Waals surface area contributed by atoms with E-state index in [1.54, 1.807) is 12.1 Å². The average Bonchev–Trinajstić information content (AvgIpc) is 3.07. The smallest absolute Gasteiger partial charge is 0.216 e. The van der Waals surface area contributed by atoms with Crippen molar-refractivity contribution in [1.29, 1.82) is 0 Å². The lowest BCUT2D eigenvalue weighted by atomic mass is 9.90. The zero-order chi connectivity index (χ0) is 18.8. The molecule has 1 unspecified atom stereocenters. The summed E-state index contributed by atoms with van der Waals surface area (Å²) in [5.41, 5.74) is 4.29. The lowest BCUT2D eigenvalue weighted by Crippen LogP contribution is -2.15. The Balaban J connectivity index is 1.98. The van der Waals surface area contributed by atoms with Crippen LogP contribution in [0.25, 0.3) is 22.2 Å². The van der Waals surface area contributed by atoms with E-state index < -0.39 is 5.92 Å². The van der Waals surface area contributed by atoms with E-state index in [1.165, 1.54) is 6.20 Å². The van der Waals surface area contributed by atoms with Gasteiger partial charge >= 0.3 is 0 Å². The number of hydrogen-bond acceptors (Lipinski definition) is 3. The van der Waals surface area contributed by atoms with Crippen LogP contribution in [0.3, 0.4) is 0 Å². The first-order valence-corrected chi connectivity index (χ1v) is 8.90. The zero-order valence-electron chi connectivity index (χ0n) is 14.3. The maximum atomic E-state index is 11.5. The van der Waals surface area contributed by atoms with Gasteiger partial charge in [0.15, 0.2) is 0 Å². The number of aromatic nitrogens is 2. The van der Waals surface area contributed by atoms with Crippen molar-refractivity contribution in [3.63, 3.8) is 0 Å². The van der Waals surface area contributed by atoms with Crippen molar-refractivity contribution in [1.82, 2.24) is 9.97 Å². The zero-order valence-corrected chi connectivity index (χ0v) is 15.1. The van der Waals surface area contributed by atoms with Crippen LogP contribution in [0.2, 0.25) is 5.02 Å². The Morgan fingerprint density at radius 1 is 1.04 bits per heavy atom. The molecule has 2 aromatic carbocycles. The van der Waals surface area contributed by atoms with Crippen LogP contribution in [0, 0.1) is 10.1 Å². The van der Waals surface area contributed by atoms with E-state index in [-0.39, 0.29) is 11.5 Å². The van der Waals surface area contributed by atoms with Crippen LogP contribution in [0.1, 0.15) is 17.2 Å². The molecule has 0 spiro atoms. The van der Waals surface area contributed by atoms with Gasteiger partial charge in [0.2, 0.25) is 6.54 Å². The predicted molar refractivity (Wildman–Crippen MR) is 107 cm³/mol. The quantitative estimate of drug-likeness (QED) is 0.379. The van der Waals surface area contributed by atoms with Crippen LogP contribution in [0.5, 0.6) is 0 Å². The minimum atomic E-state index is -0.497. The van der Waals surface area contributed by atoms with E-state index in [2.05, 4.69) is 9.97 Å². The van der Waals surface area contributed by atoms with Gasteiger partial charge in [-0.1, -0.05) is 60.1 Å². The van der Waals surface area contributed by atoms with Crippen LogP contribution < -0.4 is 0 Å². The van der Waals surface area contributed by atoms with Crippen LogP contribution in [-0.4, -0.2) is 21.4 Å². The summed E-state index contributed by atoms with van der Waals surface area (Å²) in [6, 6.07) is 21.1. The van der Waals surface area contributed by atoms with Gasteiger partial charge in [-0.3, -0.25) is 15.1 Å². The maximum absolute atomic E-state index is 11.5. The van der Waals surface area contributed by atoms with Crippen LogP contribution >= 0.6 is 11.6 Å². The van der Waals surface area contributed by atoms with Gasteiger partial charge in [-0.25, -0.2) is 0 Å². The number of nitro groups is 1. The minimum Gasteiger partial charge on any atom is -0.354 e. The first-order chi connectivity index (χ1) is 13.1. The largest absolute Gasteiger partial charge is 0.354 e. The van der Waals surface area contributed by atoms with Gasteiger partial charge in [0.05, 0.1) is 22.3 Å². The third-order valence-electron chi connectivity index (χ3n) is 4.60. The molecule has 0 aliphatic carbocycles. The fourth-order valence-electron chi connectivity index (χ4n) is 3.43. The van der Waals surface area contributed by atoms with Crippen molar-refractivity contribution in [3.8, 4) is 11.3 Å². The summed E-state index contributed by atoms with van der Waals surface area (Å²) in [6.07, 6.45) is 1.53. The topological polar surface area (TPSA) is 71.8 Å². The second kappa shape index (κ2) is 7.21. The molecule has 4 aromatic rings. The standard InChI is InChI=1S/C21H16ClN3O2/c22-15-10-11-18(23-12-15)17(13-25(26)27)20-16-8-4-5-9-19(16)24-21(20)14-6-2-1-3-7-14/h1-12,17,24H,13H2. The molecule has 0 aliphatic heterocycles. The molecule has 2 aromatic heterocycles. The number of para-hydroxylation sites is 1. The monoisotopic (exact) mass is 377 g/mol. The van der Waals surface area contributed by atoms with Crippen molar-refractivity contribution in [2.75, 3.05) is 6.54 Å². The highest BCUT2D eigenvalue weighted by Crippen LogP contribution is 2.38. The first kappa shape index (κ1) is 17.2. The number of halogens is 1. The molecule has 0 radical (unpaired) electrons. The molecular weight excluding hydrogens is 362 g/mol.